The molecule has 0 aliphatic heterocycles. The van der Waals surface area contributed by atoms with E-state index in [9.17, 15) is 9.59 Å². The Balaban J connectivity index is 2.93. The fourth-order valence-electron chi connectivity index (χ4n) is 1.36. The van der Waals surface area contributed by atoms with E-state index in [1.807, 2.05) is 0 Å². The van der Waals surface area contributed by atoms with E-state index in [-0.39, 0.29) is 0 Å². The summed E-state index contributed by atoms with van der Waals surface area (Å²) in [7, 11) is 0. The van der Waals surface area contributed by atoms with E-state index in [1.165, 1.54) is 18.2 Å². The van der Waals surface area contributed by atoms with E-state index in [0.29, 0.717) is 22.1 Å². The van der Waals surface area contributed by atoms with Crippen molar-refractivity contribution in [1.82, 2.24) is 0 Å². The molecule has 0 heterocycles. The Hall–Kier alpha value is -1.82. The number of nitrogens with two attached hydrogens (primary N) is 1. The number of amides is 1. The lowest BCUT2D eigenvalue weighted by Gasteiger charge is -2.15. The van der Waals surface area contributed by atoms with Gasteiger partial charge in [-0.1, -0.05) is 6.08 Å². The zero-order valence-electron chi connectivity index (χ0n) is 9.52. The fourth-order valence-corrected chi connectivity index (χ4v) is 1.85. The highest BCUT2D eigenvalue weighted by Crippen LogP contribution is 2.24. The van der Waals surface area contributed by atoms with Crippen LogP contribution in [0.4, 0.5) is 5.69 Å². The van der Waals surface area contributed by atoms with Gasteiger partial charge in [0.25, 0.3) is 0 Å². The summed E-state index contributed by atoms with van der Waals surface area (Å²) in [6, 6.07) is 3.90. The molecular formula is C12H13BrN2O3. The molecule has 1 atom stereocenters. The monoisotopic (exact) mass is 312 g/mol. The van der Waals surface area contributed by atoms with Crippen LogP contribution < -0.4 is 11.1 Å². The number of carbonyl (C=O) groups excluding carboxylic acids is 1. The molecule has 1 aromatic rings. The zero-order chi connectivity index (χ0) is 13.7. The minimum atomic E-state index is -0.972. The van der Waals surface area contributed by atoms with Crippen molar-refractivity contribution in [3.8, 4) is 0 Å². The molecule has 5 nitrogen and oxygen atoms in total. The first-order chi connectivity index (χ1) is 8.45. The summed E-state index contributed by atoms with van der Waals surface area (Å²) in [5, 5.41) is 11.8. The maximum Gasteiger partial charge on any atom is 0.326 e. The lowest BCUT2D eigenvalue weighted by molar-refractivity contribution is -0.137. The van der Waals surface area contributed by atoms with Crippen LogP contribution in [0.5, 0.6) is 0 Å². The fraction of sp³-hybridized carbons (Fsp3) is 0.167. The minimum Gasteiger partial charge on any atom is -0.480 e. The average Bonchev–Trinajstić information content (AvgIpc) is 2.30. The molecule has 0 aliphatic carbocycles. The number of hydrogen-bond acceptors (Lipinski definition) is 3. The number of aliphatic carboxylic acids is 1. The van der Waals surface area contributed by atoms with Gasteiger partial charge in [-0.25, -0.2) is 4.79 Å². The second-order valence-corrected chi connectivity index (χ2v) is 4.47. The van der Waals surface area contributed by atoms with Gasteiger partial charge in [0.05, 0.1) is 0 Å². The van der Waals surface area contributed by atoms with Crippen LogP contribution in [0, 0.1) is 0 Å². The smallest absolute Gasteiger partial charge is 0.326 e. The highest BCUT2D eigenvalue weighted by molar-refractivity contribution is 9.10. The number of nitrogens with one attached hydrogen (secondary N) is 1. The van der Waals surface area contributed by atoms with Gasteiger partial charge in [0.15, 0.2) is 0 Å². The summed E-state index contributed by atoms with van der Waals surface area (Å²) < 4.78 is 0.578. The van der Waals surface area contributed by atoms with E-state index in [2.05, 4.69) is 27.8 Å². The summed E-state index contributed by atoms with van der Waals surface area (Å²) in [5.74, 6) is -1.51. The predicted octanol–water partition coefficient (Wildman–Crippen LogP) is 1.99. The van der Waals surface area contributed by atoms with Gasteiger partial charge in [0.1, 0.15) is 6.04 Å². The number of carboxylic acid groups (broad SMARTS) is 1. The molecule has 0 fully saturated rings. The number of anilines is 1. The lowest BCUT2D eigenvalue weighted by Crippen LogP contribution is -2.28. The van der Waals surface area contributed by atoms with Gasteiger partial charge < -0.3 is 16.2 Å². The van der Waals surface area contributed by atoms with Crippen molar-refractivity contribution in [2.24, 2.45) is 5.73 Å². The standard InChI is InChI=1S/C12H13BrN2O3/c1-2-3-10(12(17)18)15-9-5-4-7(11(14)16)6-8(9)13/h2,4-6,10,15H,1,3H2,(H2,14,16)(H,17,18). The maximum absolute atomic E-state index is 11.0. The van der Waals surface area contributed by atoms with Crippen molar-refractivity contribution in [2.75, 3.05) is 5.32 Å². The third-order valence-corrected chi connectivity index (χ3v) is 2.94. The van der Waals surface area contributed by atoms with Crippen molar-refractivity contribution in [1.29, 1.82) is 0 Å². The Morgan fingerprint density at radius 3 is 2.67 bits per heavy atom. The molecule has 0 aromatic heterocycles. The van der Waals surface area contributed by atoms with Crippen molar-refractivity contribution < 1.29 is 14.7 Å². The molecule has 18 heavy (non-hydrogen) atoms. The Morgan fingerprint density at radius 1 is 1.56 bits per heavy atom. The van der Waals surface area contributed by atoms with Gasteiger partial charge in [-0.2, -0.15) is 0 Å². The van der Waals surface area contributed by atoms with Crippen LogP contribution in [-0.2, 0) is 4.79 Å². The SMILES string of the molecule is C=CCC(Nc1ccc(C(N)=O)cc1Br)C(=O)O. The molecule has 96 valence electrons. The summed E-state index contributed by atoms with van der Waals surface area (Å²) in [4.78, 5) is 22.0. The Morgan fingerprint density at radius 2 is 2.22 bits per heavy atom. The number of hydrogen-bond donors (Lipinski definition) is 3. The molecule has 0 spiro atoms. The van der Waals surface area contributed by atoms with Gasteiger partial charge in [0.2, 0.25) is 5.91 Å². The molecule has 4 N–H and O–H groups in total. The van der Waals surface area contributed by atoms with E-state index < -0.39 is 17.9 Å². The van der Waals surface area contributed by atoms with Crippen LogP contribution in [0.25, 0.3) is 0 Å². The Kier molecular flexibility index (Phi) is 4.91. The molecule has 1 unspecified atom stereocenters. The number of benzene rings is 1. The van der Waals surface area contributed by atoms with E-state index in [1.54, 1.807) is 6.07 Å². The molecule has 1 amide bonds. The van der Waals surface area contributed by atoms with Crippen molar-refractivity contribution in [3.63, 3.8) is 0 Å². The molecule has 0 saturated carbocycles. The zero-order valence-corrected chi connectivity index (χ0v) is 11.1. The van der Waals surface area contributed by atoms with Gasteiger partial charge in [-0.15, -0.1) is 6.58 Å². The van der Waals surface area contributed by atoms with Crippen molar-refractivity contribution in [2.45, 2.75) is 12.5 Å². The summed E-state index contributed by atoms with van der Waals surface area (Å²) in [6.45, 7) is 3.51. The van der Waals surface area contributed by atoms with Crippen LogP contribution in [0.1, 0.15) is 16.8 Å². The van der Waals surface area contributed by atoms with E-state index in [4.69, 9.17) is 10.8 Å². The van der Waals surface area contributed by atoms with Crippen LogP contribution in [0.3, 0.4) is 0 Å². The Bertz CT molecular complexity index is 488. The lowest BCUT2D eigenvalue weighted by atomic mass is 10.1. The molecule has 1 rings (SSSR count). The third kappa shape index (κ3) is 3.59. The van der Waals surface area contributed by atoms with Crippen molar-refractivity contribution in [3.05, 3.63) is 40.9 Å². The van der Waals surface area contributed by atoms with Crippen molar-refractivity contribution >= 4 is 33.5 Å². The number of rotatable bonds is 6. The van der Waals surface area contributed by atoms with E-state index in [0.717, 1.165) is 0 Å². The van der Waals surface area contributed by atoms with Crippen LogP contribution in [-0.4, -0.2) is 23.0 Å². The van der Waals surface area contributed by atoms with Gasteiger partial charge in [0, 0.05) is 15.7 Å². The highest BCUT2D eigenvalue weighted by atomic mass is 79.9. The number of carboxylic acids is 1. The Labute approximate surface area is 113 Å². The predicted molar refractivity (Wildman–Crippen MR) is 72.5 cm³/mol. The molecule has 6 heteroatoms. The molecule has 0 radical (unpaired) electrons. The number of primary amides is 1. The first kappa shape index (κ1) is 14.2. The minimum absolute atomic E-state index is 0.291. The molecular weight excluding hydrogens is 300 g/mol. The average molecular weight is 313 g/mol. The normalized spacial score (nSPS) is 11.6. The third-order valence-electron chi connectivity index (χ3n) is 2.28. The second-order valence-electron chi connectivity index (χ2n) is 3.62. The van der Waals surface area contributed by atoms with Gasteiger partial charge in [-0.3, -0.25) is 4.79 Å². The van der Waals surface area contributed by atoms with Crippen LogP contribution >= 0.6 is 15.9 Å². The molecule has 1 aromatic carbocycles. The largest absolute Gasteiger partial charge is 0.480 e. The maximum atomic E-state index is 11.0. The number of carbonyl (C=O) groups is 2. The second kappa shape index (κ2) is 6.20. The topological polar surface area (TPSA) is 92.4 Å². The molecule has 0 bridgehead atoms. The quantitative estimate of drug-likeness (QED) is 0.700. The van der Waals surface area contributed by atoms with Gasteiger partial charge >= 0.3 is 5.97 Å². The van der Waals surface area contributed by atoms with E-state index >= 15 is 0 Å². The summed E-state index contributed by atoms with van der Waals surface area (Å²) >= 11 is 3.26. The summed E-state index contributed by atoms with van der Waals surface area (Å²) in [6.07, 6.45) is 1.82. The molecule has 0 aliphatic rings. The highest BCUT2D eigenvalue weighted by Gasteiger charge is 2.16. The van der Waals surface area contributed by atoms with Gasteiger partial charge in [-0.05, 0) is 40.5 Å². The molecule has 0 saturated heterocycles. The first-order valence-corrected chi connectivity index (χ1v) is 5.94. The summed E-state index contributed by atoms with van der Waals surface area (Å²) in [5.41, 5.74) is 6.07. The van der Waals surface area contributed by atoms with Crippen LogP contribution in [0.2, 0.25) is 0 Å². The number of halogens is 1. The first-order valence-electron chi connectivity index (χ1n) is 5.15. The van der Waals surface area contributed by atoms with Crippen LogP contribution in [0.15, 0.2) is 35.3 Å².